The Balaban J connectivity index is 2.55. The number of allylic oxidation sites excluding steroid dienone is 2. The first-order valence-corrected chi connectivity index (χ1v) is 8.82. The van der Waals surface area contributed by atoms with E-state index in [1.807, 2.05) is 36.4 Å². The summed E-state index contributed by atoms with van der Waals surface area (Å²) in [5.41, 5.74) is 4.29. The zero-order chi connectivity index (χ0) is 11.9. The van der Waals surface area contributed by atoms with Gasteiger partial charge in [-0.05, 0) is 24.3 Å². The van der Waals surface area contributed by atoms with Gasteiger partial charge in [-0.1, -0.05) is 55.6 Å². The van der Waals surface area contributed by atoms with Crippen LogP contribution in [0.3, 0.4) is 0 Å². The highest BCUT2D eigenvalue weighted by atomic mass is 28.3. The summed E-state index contributed by atoms with van der Waals surface area (Å²) in [5, 5.41) is 0. The Labute approximate surface area is 99.4 Å². The van der Waals surface area contributed by atoms with Crippen LogP contribution in [0.5, 0.6) is 0 Å². The van der Waals surface area contributed by atoms with Gasteiger partial charge >= 0.3 is 0 Å². The lowest BCUT2D eigenvalue weighted by Crippen LogP contribution is -2.16. The molecule has 0 aliphatic heterocycles. The van der Waals surface area contributed by atoms with Gasteiger partial charge in [-0.3, -0.25) is 0 Å². The Morgan fingerprint density at radius 3 is 2.19 bits per heavy atom. The zero-order valence-corrected chi connectivity index (χ0v) is 11.0. The van der Waals surface area contributed by atoms with E-state index in [2.05, 4.69) is 42.9 Å². The average molecular weight is 224 g/mol. The molecule has 80 valence electrons. The van der Waals surface area contributed by atoms with Gasteiger partial charge in [0, 0.05) is 5.56 Å². The molecule has 1 rings (SSSR count). The molecule has 0 aliphatic rings. The van der Waals surface area contributed by atoms with Gasteiger partial charge in [0.1, 0.15) is 8.07 Å². The van der Waals surface area contributed by atoms with Crippen molar-refractivity contribution in [2.75, 3.05) is 0 Å². The Kier molecular flexibility index (Phi) is 4.64. The van der Waals surface area contributed by atoms with Crippen molar-refractivity contribution in [3.05, 3.63) is 48.0 Å². The molecule has 0 aliphatic carbocycles. The fourth-order valence-electron chi connectivity index (χ4n) is 0.988. The van der Waals surface area contributed by atoms with Crippen LogP contribution in [-0.4, -0.2) is 8.07 Å². The molecule has 1 aromatic rings. The topological polar surface area (TPSA) is 0 Å². The molecule has 0 saturated carbocycles. The lowest BCUT2D eigenvalue weighted by atomic mass is 10.2. The molecule has 1 aromatic carbocycles. The van der Waals surface area contributed by atoms with Gasteiger partial charge < -0.3 is 0 Å². The third-order valence-electron chi connectivity index (χ3n) is 1.69. The van der Waals surface area contributed by atoms with Crippen molar-refractivity contribution < 1.29 is 0 Å². The molecular formula is C15H16Si. The summed E-state index contributed by atoms with van der Waals surface area (Å²) in [7, 11) is -1.24. The second kappa shape index (κ2) is 6.01. The van der Waals surface area contributed by atoms with E-state index in [0.29, 0.717) is 0 Å². The quantitative estimate of drug-likeness (QED) is 0.467. The van der Waals surface area contributed by atoms with Crippen LogP contribution in [0.4, 0.5) is 0 Å². The molecule has 0 saturated heterocycles. The minimum Gasteiger partial charge on any atom is -0.127 e. The molecule has 0 amide bonds. The molecule has 0 N–H and O–H groups in total. The Morgan fingerprint density at radius 2 is 1.56 bits per heavy atom. The van der Waals surface area contributed by atoms with Gasteiger partial charge in [-0.15, -0.1) is 5.54 Å². The summed E-state index contributed by atoms with van der Waals surface area (Å²) in [6.45, 7) is 6.68. The van der Waals surface area contributed by atoms with Gasteiger partial charge in [0.2, 0.25) is 0 Å². The second-order valence-electron chi connectivity index (χ2n) is 4.49. The predicted octanol–water partition coefficient (Wildman–Crippen LogP) is 3.48. The van der Waals surface area contributed by atoms with E-state index in [-0.39, 0.29) is 0 Å². The molecule has 0 radical (unpaired) electrons. The van der Waals surface area contributed by atoms with Gasteiger partial charge in [-0.25, -0.2) is 0 Å². The minimum absolute atomic E-state index is 1.03. The molecule has 0 spiro atoms. The Bertz CT molecular complexity index is 467. The fourth-order valence-corrected chi connectivity index (χ4v) is 1.50. The first-order valence-electron chi connectivity index (χ1n) is 5.32. The third kappa shape index (κ3) is 5.91. The smallest absolute Gasteiger partial charge is 0.127 e. The van der Waals surface area contributed by atoms with E-state index in [4.69, 9.17) is 0 Å². The fraction of sp³-hybridized carbons (Fsp3) is 0.200. The molecule has 0 aromatic heterocycles. The number of benzene rings is 1. The molecule has 0 nitrogen and oxygen atoms in total. The minimum atomic E-state index is -1.24. The summed E-state index contributed by atoms with van der Waals surface area (Å²) < 4.78 is 0. The number of hydrogen-bond donors (Lipinski definition) is 0. The van der Waals surface area contributed by atoms with Crippen molar-refractivity contribution in [2.24, 2.45) is 0 Å². The monoisotopic (exact) mass is 224 g/mol. The van der Waals surface area contributed by atoms with Crippen molar-refractivity contribution in [3.63, 3.8) is 0 Å². The van der Waals surface area contributed by atoms with Crippen LogP contribution in [0.15, 0.2) is 42.5 Å². The van der Waals surface area contributed by atoms with Crippen LogP contribution in [0.25, 0.3) is 0 Å². The summed E-state index contributed by atoms with van der Waals surface area (Å²) in [6.07, 6.45) is 3.63. The maximum atomic E-state index is 3.25. The highest BCUT2D eigenvalue weighted by Crippen LogP contribution is 1.96. The maximum Gasteiger partial charge on any atom is 0.129 e. The lowest BCUT2D eigenvalue weighted by molar-refractivity contribution is 1.65. The van der Waals surface area contributed by atoms with Crippen molar-refractivity contribution >= 4 is 8.07 Å². The summed E-state index contributed by atoms with van der Waals surface area (Å²) in [4.78, 5) is 0. The number of rotatable bonds is 0. The zero-order valence-electron chi connectivity index (χ0n) is 10.0. The van der Waals surface area contributed by atoms with Crippen LogP contribution in [0, 0.1) is 23.3 Å². The summed E-state index contributed by atoms with van der Waals surface area (Å²) in [6, 6.07) is 9.95. The number of hydrogen-bond acceptors (Lipinski definition) is 0. The summed E-state index contributed by atoms with van der Waals surface area (Å²) >= 11 is 0. The van der Waals surface area contributed by atoms with Crippen LogP contribution in [0.2, 0.25) is 19.6 Å². The third-order valence-corrected chi connectivity index (χ3v) is 2.58. The molecule has 16 heavy (non-hydrogen) atoms. The van der Waals surface area contributed by atoms with Crippen LogP contribution < -0.4 is 0 Å². The standard InChI is InChI=1S/C15H16Si/c1-16(2,3)14-10-5-4-7-11-15-12-8-6-9-13-15/h4-6,8-9,12-13H,1-3H3/b5-4+. The van der Waals surface area contributed by atoms with Gasteiger partial charge in [0.05, 0.1) is 0 Å². The van der Waals surface area contributed by atoms with Crippen molar-refractivity contribution in [1.29, 1.82) is 0 Å². The molecule has 1 heteroatoms. The highest BCUT2D eigenvalue weighted by Gasteiger charge is 2.06. The normalized spacial score (nSPS) is 10.2. The van der Waals surface area contributed by atoms with Crippen molar-refractivity contribution in [3.8, 4) is 23.3 Å². The van der Waals surface area contributed by atoms with Crippen molar-refractivity contribution in [1.82, 2.24) is 0 Å². The van der Waals surface area contributed by atoms with E-state index in [1.54, 1.807) is 6.08 Å². The lowest BCUT2D eigenvalue weighted by Gasteiger charge is -2.01. The molecule has 0 bridgehead atoms. The second-order valence-corrected chi connectivity index (χ2v) is 9.24. The highest BCUT2D eigenvalue weighted by molar-refractivity contribution is 6.83. The average Bonchev–Trinajstić information content (AvgIpc) is 2.23. The van der Waals surface area contributed by atoms with E-state index >= 15 is 0 Å². The first-order chi connectivity index (χ1) is 7.58. The Hall–Kier alpha value is -1.70. The maximum absolute atomic E-state index is 3.25. The van der Waals surface area contributed by atoms with Crippen LogP contribution in [0.1, 0.15) is 5.56 Å². The van der Waals surface area contributed by atoms with E-state index in [1.165, 1.54) is 0 Å². The summed E-state index contributed by atoms with van der Waals surface area (Å²) in [5.74, 6) is 9.06. The van der Waals surface area contributed by atoms with E-state index < -0.39 is 8.07 Å². The van der Waals surface area contributed by atoms with E-state index in [0.717, 1.165) is 5.56 Å². The first kappa shape index (κ1) is 12.4. The van der Waals surface area contributed by atoms with Crippen LogP contribution >= 0.6 is 0 Å². The van der Waals surface area contributed by atoms with E-state index in [9.17, 15) is 0 Å². The molecule has 0 unspecified atom stereocenters. The molecule has 0 atom stereocenters. The van der Waals surface area contributed by atoms with Gasteiger partial charge in [0.25, 0.3) is 0 Å². The van der Waals surface area contributed by atoms with Crippen LogP contribution in [-0.2, 0) is 0 Å². The largest absolute Gasteiger partial charge is 0.129 e. The molecule has 0 fully saturated rings. The predicted molar refractivity (Wildman–Crippen MR) is 73.6 cm³/mol. The van der Waals surface area contributed by atoms with Gasteiger partial charge in [0.15, 0.2) is 0 Å². The van der Waals surface area contributed by atoms with Crippen molar-refractivity contribution in [2.45, 2.75) is 19.6 Å². The molecular weight excluding hydrogens is 208 g/mol. The molecule has 0 heterocycles. The Morgan fingerprint density at radius 1 is 0.938 bits per heavy atom. The SMILES string of the molecule is C[Si](C)(C)C#C/C=C/C#Cc1ccccc1. The van der Waals surface area contributed by atoms with Gasteiger partial charge in [-0.2, -0.15) is 0 Å².